The Labute approximate surface area is 148 Å². The van der Waals surface area contributed by atoms with Crippen molar-refractivity contribution < 1.29 is 14.7 Å². The summed E-state index contributed by atoms with van der Waals surface area (Å²) in [6, 6.07) is 7.37. The molecule has 1 aromatic rings. The van der Waals surface area contributed by atoms with E-state index in [1.54, 1.807) is 0 Å². The van der Waals surface area contributed by atoms with E-state index in [0.717, 1.165) is 18.5 Å². The molecular weight excluding hydrogens is 330 g/mol. The summed E-state index contributed by atoms with van der Waals surface area (Å²) in [4.78, 5) is 24.5. The Morgan fingerprint density at radius 3 is 2.50 bits per heavy atom. The summed E-state index contributed by atoms with van der Waals surface area (Å²) in [5.74, 6) is -0.860. The summed E-state index contributed by atoms with van der Waals surface area (Å²) in [5, 5.41) is 14.8. The molecule has 6 nitrogen and oxygen atoms in total. The Kier molecular flexibility index (Phi) is 9.19. The van der Waals surface area contributed by atoms with Gasteiger partial charge in [0.25, 0.3) is 0 Å². The molecule has 2 amide bonds. The quantitative estimate of drug-likeness (QED) is 0.564. The van der Waals surface area contributed by atoms with Crippen molar-refractivity contribution in [2.75, 3.05) is 26.7 Å². The first kappa shape index (κ1) is 20.3. The van der Waals surface area contributed by atoms with Gasteiger partial charge >= 0.3 is 12.0 Å². The average molecular weight is 356 g/mol. The maximum Gasteiger partial charge on any atom is 0.314 e. The number of carboxylic acid groups (broad SMARTS) is 1. The minimum absolute atomic E-state index is 0.0481. The van der Waals surface area contributed by atoms with Gasteiger partial charge in [0.05, 0.1) is 6.04 Å². The molecule has 0 fully saturated rings. The van der Waals surface area contributed by atoms with E-state index in [2.05, 4.69) is 22.5 Å². The molecule has 24 heavy (non-hydrogen) atoms. The summed E-state index contributed by atoms with van der Waals surface area (Å²) >= 11 is 5.94. The monoisotopic (exact) mass is 355 g/mol. The summed E-state index contributed by atoms with van der Waals surface area (Å²) in [7, 11) is 2.02. The first-order chi connectivity index (χ1) is 11.4. The van der Waals surface area contributed by atoms with Crippen LogP contribution in [0.5, 0.6) is 0 Å². The van der Waals surface area contributed by atoms with Gasteiger partial charge in [-0.1, -0.05) is 30.7 Å². The highest BCUT2D eigenvalue weighted by Crippen LogP contribution is 2.21. The van der Waals surface area contributed by atoms with Gasteiger partial charge in [-0.3, -0.25) is 9.69 Å². The molecule has 0 radical (unpaired) electrons. The van der Waals surface area contributed by atoms with Crippen molar-refractivity contribution >= 4 is 23.6 Å². The molecule has 1 rings (SSSR count). The lowest BCUT2D eigenvalue weighted by atomic mass is 10.1. The topological polar surface area (TPSA) is 81.7 Å². The fraction of sp³-hybridized carbons (Fsp3) is 0.529. The second-order valence-electron chi connectivity index (χ2n) is 5.68. The summed E-state index contributed by atoms with van der Waals surface area (Å²) in [6.45, 7) is 3.82. The largest absolute Gasteiger partial charge is 0.481 e. The van der Waals surface area contributed by atoms with E-state index in [9.17, 15) is 9.59 Å². The molecule has 0 bridgehead atoms. The van der Waals surface area contributed by atoms with Crippen LogP contribution in [0, 0.1) is 0 Å². The molecule has 0 heterocycles. The second kappa shape index (κ2) is 10.9. The van der Waals surface area contributed by atoms with Gasteiger partial charge in [0.2, 0.25) is 0 Å². The van der Waals surface area contributed by atoms with Crippen LogP contribution in [0.25, 0.3) is 0 Å². The number of nitrogens with one attached hydrogen (secondary N) is 2. The zero-order valence-corrected chi connectivity index (χ0v) is 15.0. The SMILES string of the molecule is CCCN(C)C(CNC(=O)NCCCC(=O)O)c1ccc(Cl)cc1. The summed E-state index contributed by atoms with van der Waals surface area (Å²) < 4.78 is 0. The Balaban J connectivity index is 2.54. The highest BCUT2D eigenvalue weighted by Gasteiger charge is 2.17. The van der Waals surface area contributed by atoms with E-state index in [1.807, 2.05) is 31.3 Å². The number of aliphatic carboxylic acids is 1. The highest BCUT2D eigenvalue weighted by atomic mass is 35.5. The van der Waals surface area contributed by atoms with Gasteiger partial charge in [-0.25, -0.2) is 4.79 Å². The molecule has 0 aliphatic rings. The van der Waals surface area contributed by atoms with Gasteiger partial charge < -0.3 is 15.7 Å². The van der Waals surface area contributed by atoms with E-state index < -0.39 is 5.97 Å². The minimum Gasteiger partial charge on any atom is -0.481 e. The van der Waals surface area contributed by atoms with Crippen molar-refractivity contribution in [2.45, 2.75) is 32.2 Å². The third kappa shape index (κ3) is 7.66. The first-order valence-corrected chi connectivity index (χ1v) is 8.51. The van der Waals surface area contributed by atoms with E-state index in [-0.39, 0.29) is 18.5 Å². The number of urea groups is 1. The van der Waals surface area contributed by atoms with Gasteiger partial charge in [-0.15, -0.1) is 0 Å². The zero-order valence-electron chi connectivity index (χ0n) is 14.2. The minimum atomic E-state index is -0.860. The van der Waals surface area contributed by atoms with Crippen molar-refractivity contribution in [2.24, 2.45) is 0 Å². The lowest BCUT2D eigenvalue weighted by Crippen LogP contribution is -2.41. The van der Waals surface area contributed by atoms with Crippen molar-refractivity contribution in [1.29, 1.82) is 0 Å². The predicted molar refractivity (Wildman–Crippen MR) is 95.4 cm³/mol. The number of carbonyl (C=O) groups excluding carboxylic acids is 1. The fourth-order valence-electron chi connectivity index (χ4n) is 2.42. The van der Waals surface area contributed by atoms with Gasteiger partial charge in [0.15, 0.2) is 0 Å². The molecule has 0 saturated carbocycles. The Hall–Kier alpha value is -1.79. The standard InChI is InChI=1S/C17H26ClN3O3/c1-3-11-21(2)15(13-6-8-14(18)9-7-13)12-20-17(24)19-10-4-5-16(22)23/h6-9,15H,3-5,10-12H2,1-2H3,(H,22,23)(H2,19,20,24). The number of halogens is 1. The van der Waals surface area contributed by atoms with Crippen molar-refractivity contribution in [3.63, 3.8) is 0 Å². The second-order valence-corrected chi connectivity index (χ2v) is 6.12. The third-order valence-corrected chi connectivity index (χ3v) is 3.92. The summed E-state index contributed by atoms with van der Waals surface area (Å²) in [6.07, 6.45) is 1.48. The van der Waals surface area contributed by atoms with E-state index in [4.69, 9.17) is 16.7 Å². The number of carboxylic acids is 1. The van der Waals surface area contributed by atoms with Crippen molar-refractivity contribution in [3.05, 3.63) is 34.9 Å². The van der Waals surface area contributed by atoms with Gasteiger partial charge in [0.1, 0.15) is 0 Å². The van der Waals surface area contributed by atoms with Crippen LogP contribution in [0.3, 0.4) is 0 Å². The lowest BCUT2D eigenvalue weighted by molar-refractivity contribution is -0.137. The molecule has 3 N–H and O–H groups in total. The number of hydrogen-bond acceptors (Lipinski definition) is 3. The number of rotatable bonds is 10. The van der Waals surface area contributed by atoms with Crippen LogP contribution >= 0.6 is 11.6 Å². The normalized spacial score (nSPS) is 12.0. The molecule has 7 heteroatoms. The number of nitrogens with zero attached hydrogens (tertiary/aromatic N) is 1. The van der Waals surface area contributed by atoms with Crippen molar-refractivity contribution in [1.82, 2.24) is 15.5 Å². The first-order valence-electron chi connectivity index (χ1n) is 8.13. The maximum atomic E-state index is 11.8. The molecule has 0 saturated heterocycles. The Morgan fingerprint density at radius 1 is 1.25 bits per heavy atom. The average Bonchev–Trinajstić information content (AvgIpc) is 2.53. The van der Waals surface area contributed by atoms with Gasteiger partial charge in [0, 0.05) is 24.5 Å². The predicted octanol–water partition coefficient (Wildman–Crippen LogP) is 2.89. The molecule has 0 aliphatic heterocycles. The molecule has 0 spiro atoms. The molecule has 0 aromatic heterocycles. The molecule has 1 unspecified atom stereocenters. The lowest BCUT2D eigenvalue weighted by Gasteiger charge is -2.28. The van der Waals surface area contributed by atoms with Crippen LogP contribution in [0.15, 0.2) is 24.3 Å². The maximum absolute atomic E-state index is 11.8. The number of carbonyl (C=O) groups is 2. The zero-order chi connectivity index (χ0) is 17.9. The molecule has 1 atom stereocenters. The van der Waals surface area contributed by atoms with Crippen LogP contribution in [-0.2, 0) is 4.79 Å². The molecule has 1 aromatic carbocycles. The third-order valence-electron chi connectivity index (χ3n) is 3.67. The fourth-order valence-corrected chi connectivity index (χ4v) is 2.54. The van der Waals surface area contributed by atoms with Crippen LogP contribution < -0.4 is 10.6 Å². The van der Waals surface area contributed by atoms with E-state index in [0.29, 0.717) is 24.5 Å². The van der Waals surface area contributed by atoms with E-state index >= 15 is 0 Å². The summed E-state index contributed by atoms with van der Waals surface area (Å²) in [5.41, 5.74) is 1.08. The molecule has 134 valence electrons. The van der Waals surface area contributed by atoms with Gasteiger partial charge in [-0.05, 0) is 44.1 Å². The number of benzene rings is 1. The smallest absolute Gasteiger partial charge is 0.314 e. The Morgan fingerprint density at radius 2 is 1.92 bits per heavy atom. The Bertz CT molecular complexity index is 522. The van der Waals surface area contributed by atoms with Crippen LogP contribution in [0.2, 0.25) is 5.02 Å². The molecular formula is C17H26ClN3O3. The number of amides is 2. The van der Waals surface area contributed by atoms with Gasteiger partial charge in [-0.2, -0.15) is 0 Å². The van der Waals surface area contributed by atoms with Crippen molar-refractivity contribution in [3.8, 4) is 0 Å². The highest BCUT2D eigenvalue weighted by molar-refractivity contribution is 6.30. The van der Waals surface area contributed by atoms with Crippen LogP contribution in [0.4, 0.5) is 4.79 Å². The number of hydrogen-bond donors (Lipinski definition) is 3. The van der Waals surface area contributed by atoms with E-state index in [1.165, 1.54) is 0 Å². The van der Waals surface area contributed by atoms with Crippen LogP contribution in [0.1, 0.15) is 37.8 Å². The molecule has 0 aliphatic carbocycles. The van der Waals surface area contributed by atoms with Crippen LogP contribution in [-0.4, -0.2) is 48.7 Å². The number of likely N-dealkylation sites (N-methyl/N-ethyl adjacent to an activating group) is 1.